The van der Waals surface area contributed by atoms with Crippen molar-refractivity contribution in [3.8, 4) is 0 Å². The van der Waals surface area contributed by atoms with E-state index in [4.69, 9.17) is 11.1 Å². The third-order valence-electron chi connectivity index (χ3n) is 2.45. The number of hydrogen-bond acceptors (Lipinski definition) is 3. The van der Waals surface area contributed by atoms with E-state index in [0.717, 1.165) is 12.8 Å². The van der Waals surface area contributed by atoms with Crippen LogP contribution in [0.25, 0.3) is 0 Å². The summed E-state index contributed by atoms with van der Waals surface area (Å²) >= 11 is 0. The van der Waals surface area contributed by atoms with Gasteiger partial charge in [-0.2, -0.15) is 12.7 Å². The summed E-state index contributed by atoms with van der Waals surface area (Å²) in [6.45, 7) is 2.52. The van der Waals surface area contributed by atoms with Gasteiger partial charge in [0.15, 0.2) is 0 Å². The lowest BCUT2D eigenvalue weighted by atomic mass is 10.0. The van der Waals surface area contributed by atoms with Crippen molar-refractivity contribution in [3.05, 3.63) is 0 Å². The molecular weight excluding hydrogens is 216 g/mol. The Morgan fingerprint density at radius 3 is 2.80 bits per heavy atom. The highest BCUT2D eigenvalue weighted by Gasteiger charge is 2.33. The summed E-state index contributed by atoms with van der Waals surface area (Å²) in [6, 6.07) is -0.470. The number of piperidine rings is 1. The van der Waals surface area contributed by atoms with E-state index in [1.165, 1.54) is 4.31 Å². The lowest BCUT2D eigenvalue weighted by Crippen LogP contribution is -2.53. The van der Waals surface area contributed by atoms with Gasteiger partial charge in [0.1, 0.15) is 5.84 Å². The van der Waals surface area contributed by atoms with Gasteiger partial charge in [0, 0.05) is 13.1 Å². The number of nitrogens with two attached hydrogens (primary N) is 1. The monoisotopic (exact) mass is 234 g/mol. The third-order valence-corrected chi connectivity index (χ3v) is 4.16. The maximum atomic E-state index is 11.8. The zero-order valence-electron chi connectivity index (χ0n) is 8.86. The maximum absolute atomic E-state index is 11.8. The van der Waals surface area contributed by atoms with Crippen LogP contribution in [0.2, 0.25) is 0 Å². The van der Waals surface area contributed by atoms with Crippen molar-refractivity contribution in [2.45, 2.75) is 32.2 Å². The van der Waals surface area contributed by atoms with Crippen molar-refractivity contribution in [2.24, 2.45) is 5.73 Å². The van der Waals surface area contributed by atoms with Gasteiger partial charge in [-0.25, -0.2) is 4.72 Å². The third kappa shape index (κ3) is 2.90. The predicted octanol–water partition coefficient (Wildman–Crippen LogP) is -0.369. The Bertz CT molecular complexity index is 328. The second-order valence-electron chi connectivity index (χ2n) is 3.58. The van der Waals surface area contributed by atoms with Crippen molar-refractivity contribution in [2.75, 3.05) is 13.1 Å². The van der Waals surface area contributed by atoms with Crippen LogP contribution in [0.1, 0.15) is 26.2 Å². The van der Waals surface area contributed by atoms with Crippen molar-refractivity contribution in [3.63, 3.8) is 0 Å². The van der Waals surface area contributed by atoms with Gasteiger partial charge in [-0.15, -0.1) is 0 Å². The molecule has 1 atom stereocenters. The van der Waals surface area contributed by atoms with Gasteiger partial charge in [0.25, 0.3) is 10.2 Å². The van der Waals surface area contributed by atoms with Crippen LogP contribution in [0.4, 0.5) is 0 Å². The molecule has 1 unspecified atom stereocenters. The molecule has 0 aromatic heterocycles. The van der Waals surface area contributed by atoms with E-state index in [0.29, 0.717) is 19.5 Å². The van der Waals surface area contributed by atoms with Crippen molar-refractivity contribution < 1.29 is 8.42 Å². The molecule has 1 aliphatic rings. The van der Waals surface area contributed by atoms with Crippen LogP contribution >= 0.6 is 0 Å². The van der Waals surface area contributed by atoms with Gasteiger partial charge in [-0.05, 0) is 12.8 Å². The first-order valence-corrected chi connectivity index (χ1v) is 6.53. The molecule has 1 aliphatic heterocycles. The average molecular weight is 234 g/mol. The molecule has 15 heavy (non-hydrogen) atoms. The minimum atomic E-state index is -3.47. The van der Waals surface area contributed by atoms with E-state index in [1.807, 2.05) is 0 Å². The lowest BCUT2D eigenvalue weighted by Gasteiger charge is -2.33. The minimum Gasteiger partial charge on any atom is -0.386 e. The molecule has 88 valence electrons. The van der Waals surface area contributed by atoms with Gasteiger partial charge < -0.3 is 5.73 Å². The Kier molecular flexibility index (Phi) is 4.06. The largest absolute Gasteiger partial charge is 0.386 e. The normalized spacial score (nSPS) is 23.9. The van der Waals surface area contributed by atoms with Crippen molar-refractivity contribution in [1.82, 2.24) is 9.03 Å². The summed E-state index contributed by atoms with van der Waals surface area (Å²) < 4.78 is 27.2. The molecule has 1 heterocycles. The van der Waals surface area contributed by atoms with Crippen LogP contribution < -0.4 is 10.5 Å². The summed E-state index contributed by atoms with van der Waals surface area (Å²) in [5.74, 6) is -0.0730. The molecule has 0 amide bonds. The zero-order chi connectivity index (χ0) is 11.5. The summed E-state index contributed by atoms with van der Waals surface area (Å²) in [5, 5.41) is 7.38. The number of hydrogen-bond donors (Lipinski definition) is 3. The van der Waals surface area contributed by atoms with Crippen LogP contribution in [0.3, 0.4) is 0 Å². The summed E-state index contributed by atoms with van der Waals surface area (Å²) in [4.78, 5) is 0. The molecule has 0 aromatic carbocycles. The SMILES string of the molecule is CCNS(=O)(=O)N1CCCCC1C(=N)N. The first-order valence-electron chi connectivity index (χ1n) is 5.09. The van der Waals surface area contributed by atoms with Gasteiger partial charge in [-0.1, -0.05) is 13.3 Å². The Hall–Kier alpha value is -0.660. The molecule has 0 aliphatic carbocycles. The highest BCUT2D eigenvalue weighted by molar-refractivity contribution is 7.87. The Labute approximate surface area is 90.5 Å². The summed E-state index contributed by atoms with van der Waals surface area (Å²) in [6.07, 6.45) is 2.39. The molecular formula is C8H18N4O2S. The van der Waals surface area contributed by atoms with Crippen LogP contribution in [0.15, 0.2) is 0 Å². The Balaban J connectivity index is 2.85. The van der Waals surface area contributed by atoms with Crippen molar-refractivity contribution >= 4 is 16.0 Å². The minimum absolute atomic E-state index is 0.0730. The molecule has 0 bridgehead atoms. The fourth-order valence-electron chi connectivity index (χ4n) is 1.77. The molecule has 6 nitrogen and oxygen atoms in total. The van der Waals surface area contributed by atoms with Gasteiger partial charge in [0.2, 0.25) is 0 Å². The zero-order valence-corrected chi connectivity index (χ0v) is 9.68. The van der Waals surface area contributed by atoms with Gasteiger partial charge >= 0.3 is 0 Å². The lowest BCUT2D eigenvalue weighted by molar-refractivity contribution is 0.300. The first-order chi connectivity index (χ1) is 6.99. The number of amidine groups is 1. The van der Waals surface area contributed by atoms with Gasteiger partial charge in [-0.3, -0.25) is 5.41 Å². The molecule has 0 aromatic rings. The van der Waals surface area contributed by atoms with Crippen molar-refractivity contribution in [1.29, 1.82) is 5.41 Å². The number of nitrogens with one attached hydrogen (secondary N) is 2. The molecule has 1 rings (SSSR count). The number of nitrogens with zero attached hydrogens (tertiary/aromatic N) is 1. The molecule has 1 saturated heterocycles. The fourth-order valence-corrected chi connectivity index (χ4v) is 3.22. The first kappa shape index (κ1) is 12.4. The smallest absolute Gasteiger partial charge is 0.280 e. The fraction of sp³-hybridized carbons (Fsp3) is 0.875. The van der Waals surface area contributed by atoms with Crippen LogP contribution in [-0.4, -0.2) is 37.7 Å². The van der Waals surface area contributed by atoms with E-state index in [2.05, 4.69) is 4.72 Å². The molecule has 4 N–H and O–H groups in total. The summed E-state index contributed by atoms with van der Waals surface area (Å²) in [5.41, 5.74) is 5.40. The Morgan fingerprint density at radius 2 is 2.27 bits per heavy atom. The van der Waals surface area contributed by atoms with E-state index in [-0.39, 0.29) is 5.84 Å². The standard InChI is InChI=1S/C8H18N4O2S/c1-2-11-15(13,14)12-6-4-3-5-7(12)8(9)10/h7,11H,2-6H2,1H3,(H3,9,10). The molecule has 0 spiro atoms. The van der Waals surface area contributed by atoms with E-state index >= 15 is 0 Å². The van der Waals surface area contributed by atoms with Gasteiger partial charge in [0.05, 0.1) is 6.04 Å². The quantitative estimate of drug-likeness (QED) is 0.457. The topological polar surface area (TPSA) is 99.3 Å². The van der Waals surface area contributed by atoms with E-state index in [9.17, 15) is 8.42 Å². The predicted molar refractivity (Wildman–Crippen MR) is 58.9 cm³/mol. The maximum Gasteiger partial charge on any atom is 0.280 e. The average Bonchev–Trinajstić information content (AvgIpc) is 2.17. The molecule has 7 heteroatoms. The molecule has 1 fully saturated rings. The second-order valence-corrected chi connectivity index (χ2v) is 5.29. The second kappa shape index (κ2) is 4.91. The van der Waals surface area contributed by atoms with Crippen LogP contribution in [0.5, 0.6) is 0 Å². The highest BCUT2D eigenvalue weighted by Crippen LogP contribution is 2.19. The number of rotatable bonds is 4. The highest BCUT2D eigenvalue weighted by atomic mass is 32.2. The summed E-state index contributed by atoms with van der Waals surface area (Å²) in [7, 11) is -3.47. The van der Waals surface area contributed by atoms with Crippen LogP contribution in [-0.2, 0) is 10.2 Å². The van der Waals surface area contributed by atoms with E-state index in [1.54, 1.807) is 6.92 Å². The van der Waals surface area contributed by atoms with E-state index < -0.39 is 16.3 Å². The molecule has 0 saturated carbocycles. The molecule has 0 radical (unpaired) electrons. The Morgan fingerprint density at radius 1 is 1.60 bits per heavy atom. The van der Waals surface area contributed by atoms with Crippen LogP contribution in [0, 0.1) is 5.41 Å².